The fourth-order valence-corrected chi connectivity index (χ4v) is 4.11. The summed E-state index contributed by atoms with van der Waals surface area (Å²) in [5.74, 6) is 0.817. The van der Waals surface area contributed by atoms with Gasteiger partial charge in [0.05, 0.1) is 13.7 Å². The molecule has 1 aliphatic rings. The van der Waals surface area contributed by atoms with Gasteiger partial charge in [0.15, 0.2) is 11.0 Å². The zero-order valence-corrected chi connectivity index (χ0v) is 16.5. The van der Waals surface area contributed by atoms with Crippen LogP contribution in [0.5, 0.6) is 5.75 Å². The molecule has 2 aromatic carbocycles. The first-order valence-electron chi connectivity index (χ1n) is 7.99. The molecule has 0 saturated carbocycles. The summed E-state index contributed by atoms with van der Waals surface area (Å²) in [6, 6.07) is 15.1. The number of aliphatic imine (C=N–C) groups is 1. The Balaban J connectivity index is 1.82. The van der Waals surface area contributed by atoms with Gasteiger partial charge in [0, 0.05) is 21.8 Å². The average Bonchev–Trinajstić information content (AvgIpc) is 2.94. The molecular weight excluding hydrogens is 400 g/mol. The number of amidine groups is 1. The highest BCUT2D eigenvalue weighted by Gasteiger charge is 2.28. The topological polar surface area (TPSA) is 41.9 Å². The second kappa shape index (κ2) is 8.06. The standard InChI is InChI=1S/C19H19BrN2O2S/c1-13-11-22(12-17(23)14-6-5-7-15(20)10-14)19(25-13)21-16-8-3-4-9-18(16)24-2/h3-10,13H,11-12H2,1-2H3. The van der Waals surface area contributed by atoms with E-state index in [2.05, 4.69) is 22.9 Å². The molecule has 6 heteroatoms. The van der Waals surface area contributed by atoms with Crippen LogP contribution in [0.25, 0.3) is 0 Å². The van der Waals surface area contributed by atoms with E-state index in [0.717, 1.165) is 27.6 Å². The van der Waals surface area contributed by atoms with E-state index in [1.807, 2.05) is 53.4 Å². The fraction of sp³-hybridized carbons (Fsp3) is 0.263. The van der Waals surface area contributed by atoms with E-state index in [1.165, 1.54) is 0 Å². The lowest BCUT2D eigenvalue weighted by molar-refractivity contribution is 0.0965. The molecule has 0 N–H and O–H groups in total. The van der Waals surface area contributed by atoms with Crippen molar-refractivity contribution in [1.29, 1.82) is 0 Å². The van der Waals surface area contributed by atoms with Gasteiger partial charge in [-0.15, -0.1) is 0 Å². The third kappa shape index (κ3) is 4.44. The van der Waals surface area contributed by atoms with Gasteiger partial charge in [-0.2, -0.15) is 0 Å². The first-order valence-corrected chi connectivity index (χ1v) is 9.66. The van der Waals surface area contributed by atoms with E-state index in [1.54, 1.807) is 18.9 Å². The fourth-order valence-electron chi connectivity index (χ4n) is 2.66. The van der Waals surface area contributed by atoms with E-state index in [-0.39, 0.29) is 5.78 Å². The molecule has 0 radical (unpaired) electrons. The van der Waals surface area contributed by atoms with Crippen LogP contribution in [-0.2, 0) is 0 Å². The summed E-state index contributed by atoms with van der Waals surface area (Å²) in [5, 5.41) is 1.25. The molecule has 1 fully saturated rings. The quantitative estimate of drug-likeness (QED) is 0.655. The molecule has 1 saturated heterocycles. The van der Waals surface area contributed by atoms with Gasteiger partial charge in [0.1, 0.15) is 11.4 Å². The Morgan fingerprint density at radius 3 is 2.88 bits per heavy atom. The number of ether oxygens (including phenoxy) is 1. The second-order valence-corrected chi connectivity index (χ2v) is 8.13. The molecule has 0 aromatic heterocycles. The van der Waals surface area contributed by atoms with Gasteiger partial charge < -0.3 is 9.64 Å². The van der Waals surface area contributed by atoms with Gasteiger partial charge in [-0.1, -0.05) is 58.9 Å². The molecule has 25 heavy (non-hydrogen) atoms. The summed E-state index contributed by atoms with van der Waals surface area (Å²) < 4.78 is 6.28. The first-order chi connectivity index (χ1) is 12.1. The summed E-state index contributed by atoms with van der Waals surface area (Å²) >= 11 is 5.10. The molecule has 1 aliphatic heterocycles. The highest BCUT2D eigenvalue weighted by Crippen LogP contribution is 2.32. The Labute approximate surface area is 160 Å². The number of methoxy groups -OCH3 is 1. The van der Waals surface area contributed by atoms with E-state index in [9.17, 15) is 4.79 Å². The minimum Gasteiger partial charge on any atom is -0.494 e. The SMILES string of the molecule is COc1ccccc1N=C1SC(C)CN1CC(=O)c1cccc(Br)c1. The minimum atomic E-state index is 0.0868. The van der Waals surface area contributed by atoms with Gasteiger partial charge in [0.2, 0.25) is 0 Å². The second-order valence-electron chi connectivity index (χ2n) is 5.81. The number of carbonyl (C=O) groups is 1. The van der Waals surface area contributed by atoms with E-state index in [4.69, 9.17) is 9.73 Å². The number of para-hydroxylation sites is 2. The zero-order chi connectivity index (χ0) is 17.8. The number of hydrogen-bond acceptors (Lipinski definition) is 4. The number of ketones is 1. The van der Waals surface area contributed by atoms with E-state index >= 15 is 0 Å². The molecule has 1 heterocycles. The van der Waals surface area contributed by atoms with E-state index < -0.39 is 0 Å². The Morgan fingerprint density at radius 2 is 2.12 bits per heavy atom. The summed E-state index contributed by atoms with van der Waals surface area (Å²) in [6.07, 6.45) is 0. The maximum atomic E-state index is 12.6. The van der Waals surface area contributed by atoms with Crippen LogP contribution >= 0.6 is 27.7 Å². The maximum Gasteiger partial charge on any atom is 0.182 e. The van der Waals surface area contributed by atoms with Crippen molar-refractivity contribution in [1.82, 2.24) is 4.90 Å². The largest absolute Gasteiger partial charge is 0.494 e. The zero-order valence-electron chi connectivity index (χ0n) is 14.1. The van der Waals surface area contributed by atoms with Crippen LogP contribution in [0.4, 0.5) is 5.69 Å². The van der Waals surface area contributed by atoms with Crippen molar-refractivity contribution in [3.8, 4) is 5.75 Å². The first kappa shape index (κ1) is 18.0. The molecule has 130 valence electrons. The molecule has 0 bridgehead atoms. The van der Waals surface area contributed by atoms with Crippen molar-refractivity contribution >= 4 is 44.3 Å². The Kier molecular flexibility index (Phi) is 5.81. The molecule has 1 atom stereocenters. The molecule has 2 aromatic rings. The molecule has 0 amide bonds. The third-order valence-electron chi connectivity index (χ3n) is 3.84. The monoisotopic (exact) mass is 418 g/mol. The molecule has 1 unspecified atom stereocenters. The van der Waals surface area contributed by atoms with Crippen molar-refractivity contribution < 1.29 is 9.53 Å². The number of rotatable bonds is 5. The summed E-state index contributed by atoms with van der Waals surface area (Å²) in [7, 11) is 1.64. The predicted octanol–water partition coefficient (Wildman–Crippen LogP) is 4.77. The highest BCUT2D eigenvalue weighted by atomic mass is 79.9. The lowest BCUT2D eigenvalue weighted by atomic mass is 10.1. The van der Waals surface area contributed by atoms with Crippen LogP contribution in [0.2, 0.25) is 0 Å². The Morgan fingerprint density at radius 1 is 1.32 bits per heavy atom. The van der Waals surface area contributed by atoms with E-state index in [0.29, 0.717) is 17.4 Å². The van der Waals surface area contributed by atoms with Crippen LogP contribution in [0.3, 0.4) is 0 Å². The van der Waals surface area contributed by atoms with Gasteiger partial charge in [-0.25, -0.2) is 4.99 Å². The van der Waals surface area contributed by atoms with Crippen LogP contribution in [0.15, 0.2) is 58.0 Å². The average molecular weight is 419 g/mol. The highest BCUT2D eigenvalue weighted by molar-refractivity contribution is 9.10. The summed E-state index contributed by atoms with van der Waals surface area (Å²) in [6.45, 7) is 3.27. The van der Waals surface area contributed by atoms with Crippen LogP contribution in [-0.4, -0.2) is 41.3 Å². The molecule has 3 rings (SSSR count). The molecule has 4 nitrogen and oxygen atoms in total. The molecular formula is C19H19BrN2O2S. The number of benzene rings is 2. The Bertz CT molecular complexity index is 810. The molecule has 0 aliphatic carbocycles. The summed E-state index contributed by atoms with van der Waals surface area (Å²) in [4.78, 5) is 19.4. The van der Waals surface area contributed by atoms with Gasteiger partial charge in [-0.3, -0.25) is 4.79 Å². The summed E-state index contributed by atoms with van der Waals surface area (Å²) in [5.41, 5.74) is 1.48. The van der Waals surface area contributed by atoms with Crippen molar-refractivity contribution in [3.05, 3.63) is 58.6 Å². The lowest BCUT2D eigenvalue weighted by Crippen LogP contribution is -2.31. The molecule has 0 spiro atoms. The van der Waals surface area contributed by atoms with Crippen LogP contribution in [0.1, 0.15) is 17.3 Å². The van der Waals surface area contributed by atoms with Gasteiger partial charge >= 0.3 is 0 Å². The normalized spacial score (nSPS) is 18.6. The number of carbonyl (C=O) groups excluding carboxylic acids is 1. The van der Waals surface area contributed by atoms with Crippen LogP contribution < -0.4 is 4.74 Å². The number of nitrogens with zero attached hydrogens (tertiary/aromatic N) is 2. The number of hydrogen-bond donors (Lipinski definition) is 0. The van der Waals surface area contributed by atoms with Crippen molar-refractivity contribution in [2.75, 3.05) is 20.2 Å². The lowest BCUT2D eigenvalue weighted by Gasteiger charge is -2.17. The van der Waals surface area contributed by atoms with Crippen LogP contribution in [0, 0.1) is 0 Å². The smallest absolute Gasteiger partial charge is 0.182 e. The number of thioether (sulfide) groups is 1. The predicted molar refractivity (Wildman–Crippen MR) is 107 cm³/mol. The third-order valence-corrected chi connectivity index (χ3v) is 5.44. The van der Waals surface area contributed by atoms with Gasteiger partial charge in [0.25, 0.3) is 0 Å². The van der Waals surface area contributed by atoms with Crippen molar-refractivity contribution in [2.24, 2.45) is 4.99 Å². The minimum absolute atomic E-state index is 0.0868. The number of halogens is 1. The maximum absolute atomic E-state index is 12.6. The van der Waals surface area contributed by atoms with Crippen molar-refractivity contribution in [3.63, 3.8) is 0 Å². The number of Topliss-reactive ketones (excluding diaryl/α,β-unsaturated/α-hetero) is 1. The Hall–Kier alpha value is -1.79. The van der Waals surface area contributed by atoms with Gasteiger partial charge in [-0.05, 0) is 24.3 Å². The van der Waals surface area contributed by atoms with Crippen molar-refractivity contribution in [2.45, 2.75) is 12.2 Å².